The maximum atomic E-state index is 11.9. The number of amides is 2. The molecule has 0 unspecified atom stereocenters. The third-order valence-electron chi connectivity index (χ3n) is 2.71. The van der Waals surface area contributed by atoms with Gasteiger partial charge in [-0.25, -0.2) is 4.79 Å². The monoisotopic (exact) mass is 267 g/mol. The number of carbonyl (C=O) groups is 3. The average molecular weight is 267 g/mol. The van der Waals surface area contributed by atoms with Crippen molar-refractivity contribution in [2.24, 2.45) is 5.73 Å². The molecule has 0 saturated carbocycles. The molecule has 1 rings (SSSR count). The molecule has 0 aliphatic heterocycles. The Kier molecular flexibility index (Phi) is 4.68. The predicted molar refractivity (Wildman–Crippen MR) is 67.8 cm³/mol. The highest BCUT2D eigenvalue weighted by molar-refractivity contribution is 6.00. The van der Waals surface area contributed by atoms with Crippen LogP contribution in [0.1, 0.15) is 38.5 Å². The molecule has 7 nitrogen and oxygen atoms in total. The number of hydrogen-bond acceptors (Lipinski definition) is 4. The molecule has 1 heterocycles. The molecule has 0 aliphatic rings. The zero-order valence-corrected chi connectivity index (χ0v) is 11.1. The second-order valence-electron chi connectivity index (χ2n) is 4.09. The minimum absolute atomic E-state index is 0.0638. The lowest BCUT2D eigenvalue weighted by Gasteiger charge is -2.03. The van der Waals surface area contributed by atoms with Gasteiger partial charge in [-0.05, 0) is 19.4 Å². The lowest BCUT2D eigenvalue weighted by atomic mass is 10.1. The largest absolute Gasteiger partial charge is 0.465 e. The van der Waals surface area contributed by atoms with Crippen LogP contribution in [-0.2, 0) is 9.53 Å². The van der Waals surface area contributed by atoms with Crippen LogP contribution in [0.3, 0.4) is 0 Å². The van der Waals surface area contributed by atoms with E-state index in [0.29, 0.717) is 16.8 Å². The first-order valence-corrected chi connectivity index (χ1v) is 5.72. The Hall–Kier alpha value is -2.31. The van der Waals surface area contributed by atoms with Crippen molar-refractivity contribution in [2.45, 2.75) is 20.3 Å². The van der Waals surface area contributed by atoms with Gasteiger partial charge in [0, 0.05) is 18.7 Å². The van der Waals surface area contributed by atoms with Gasteiger partial charge in [-0.15, -0.1) is 0 Å². The van der Waals surface area contributed by atoms with Crippen LogP contribution in [0, 0.1) is 13.8 Å². The number of nitrogens with two attached hydrogens (primary N) is 1. The Morgan fingerprint density at radius 1 is 1.32 bits per heavy atom. The van der Waals surface area contributed by atoms with E-state index in [1.807, 2.05) is 0 Å². The third-order valence-corrected chi connectivity index (χ3v) is 2.71. The van der Waals surface area contributed by atoms with Crippen LogP contribution < -0.4 is 11.1 Å². The van der Waals surface area contributed by atoms with Gasteiger partial charge in [-0.2, -0.15) is 0 Å². The Bertz CT molecular complexity index is 519. The molecular formula is C12H17N3O4. The van der Waals surface area contributed by atoms with E-state index in [0.717, 1.165) is 0 Å². The number of aromatic amines is 1. The standard InChI is InChI=1S/C12H17N3O4/c1-6-9(12(18)19-3)7(2)15-10(6)11(17)14-5-4-8(13)16/h15H,4-5H2,1-3H3,(H2,13,16)(H,14,17). The molecule has 7 heteroatoms. The zero-order valence-electron chi connectivity index (χ0n) is 11.1. The highest BCUT2D eigenvalue weighted by Crippen LogP contribution is 2.18. The molecule has 1 aromatic rings. The van der Waals surface area contributed by atoms with Gasteiger partial charge in [0.25, 0.3) is 5.91 Å². The van der Waals surface area contributed by atoms with Crippen molar-refractivity contribution in [2.75, 3.05) is 13.7 Å². The summed E-state index contributed by atoms with van der Waals surface area (Å²) in [4.78, 5) is 36.8. The van der Waals surface area contributed by atoms with Crippen LogP contribution in [0.25, 0.3) is 0 Å². The second-order valence-corrected chi connectivity index (χ2v) is 4.09. The minimum atomic E-state index is -0.498. The smallest absolute Gasteiger partial charge is 0.339 e. The van der Waals surface area contributed by atoms with E-state index in [1.165, 1.54) is 7.11 Å². The third kappa shape index (κ3) is 3.34. The lowest BCUT2D eigenvalue weighted by Crippen LogP contribution is -2.28. The Morgan fingerprint density at radius 2 is 1.95 bits per heavy atom. The van der Waals surface area contributed by atoms with E-state index < -0.39 is 17.8 Å². The summed E-state index contributed by atoms with van der Waals surface area (Å²) in [5.41, 5.74) is 6.68. The van der Waals surface area contributed by atoms with Gasteiger partial charge in [0.1, 0.15) is 5.69 Å². The SMILES string of the molecule is COC(=O)c1c(C)[nH]c(C(=O)NCCC(N)=O)c1C. The van der Waals surface area contributed by atoms with E-state index in [1.54, 1.807) is 13.8 Å². The van der Waals surface area contributed by atoms with E-state index in [4.69, 9.17) is 5.73 Å². The van der Waals surface area contributed by atoms with E-state index in [-0.39, 0.29) is 18.7 Å². The fraction of sp³-hybridized carbons (Fsp3) is 0.417. The summed E-state index contributed by atoms with van der Waals surface area (Å²) in [5, 5.41) is 2.55. The number of esters is 1. The number of aromatic nitrogens is 1. The summed E-state index contributed by atoms with van der Waals surface area (Å²) in [5.74, 6) is -1.38. The molecule has 0 aliphatic carbocycles. The molecule has 0 aromatic carbocycles. The van der Waals surface area contributed by atoms with Crippen LogP contribution >= 0.6 is 0 Å². The number of nitrogens with one attached hydrogen (secondary N) is 2. The second kappa shape index (κ2) is 6.03. The Balaban J connectivity index is 2.87. The van der Waals surface area contributed by atoms with Gasteiger partial charge in [0.2, 0.25) is 5.91 Å². The van der Waals surface area contributed by atoms with Gasteiger partial charge in [0.15, 0.2) is 0 Å². The topological polar surface area (TPSA) is 114 Å². The summed E-state index contributed by atoms with van der Waals surface area (Å²) in [6, 6.07) is 0. The first-order chi connectivity index (χ1) is 8.88. The molecule has 0 saturated heterocycles. The first kappa shape index (κ1) is 14.7. The van der Waals surface area contributed by atoms with Gasteiger partial charge >= 0.3 is 5.97 Å². The Labute approximate surface area is 110 Å². The maximum absolute atomic E-state index is 11.9. The van der Waals surface area contributed by atoms with E-state index in [9.17, 15) is 14.4 Å². The van der Waals surface area contributed by atoms with Crippen molar-refractivity contribution in [3.63, 3.8) is 0 Å². The van der Waals surface area contributed by atoms with Crippen molar-refractivity contribution in [1.82, 2.24) is 10.3 Å². The number of rotatable bonds is 5. The number of ether oxygens (including phenoxy) is 1. The number of carbonyl (C=O) groups excluding carboxylic acids is 3. The number of primary amides is 1. The van der Waals surface area contributed by atoms with Crippen molar-refractivity contribution in [1.29, 1.82) is 0 Å². The first-order valence-electron chi connectivity index (χ1n) is 5.72. The average Bonchev–Trinajstić information content (AvgIpc) is 2.63. The molecule has 0 radical (unpaired) electrons. The summed E-state index contributed by atoms with van der Waals surface area (Å²) in [6.07, 6.45) is 0.0638. The molecule has 0 bridgehead atoms. The summed E-state index contributed by atoms with van der Waals surface area (Å²) >= 11 is 0. The van der Waals surface area contributed by atoms with E-state index >= 15 is 0 Å². The van der Waals surface area contributed by atoms with Crippen molar-refractivity contribution in [3.05, 3.63) is 22.5 Å². The van der Waals surface area contributed by atoms with Crippen LogP contribution in [-0.4, -0.2) is 36.4 Å². The Morgan fingerprint density at radius 3 is 2.47 bits per heavy atom. The highest BCUT2D eigenvalue weighted by atomic mass is 16.5. The highest BCUT2D eigenvalue weighted by Gasteiger charge is 2.22. The maximum Gasteiger partial charge on any atom is 0.339 e. The van der Waals surface area contributed by atoms with Crippen molar-refractivity contribution in [3.8, 4) is 0 Å². The molecule has 0 spiro atoms. The summed E-state index contributed by atoms with van der Waals surface area (Å²) in [7, 11) is 1.28. The van der Waals surface area contributed by atoms with Gasteiger partial charge in [0.05, 0.1) is 12.7 Å². The van der Waals surface area contributed by atoms with Crippen LogP contribution in [0.5, 0.6) is 0 Å². The molecule has 19 heavy (non-hydrogen) atoms. The van der Waals surface area contributed by atoms with Gasteiger partial charge in [-0.3, -0.25) is 9.59 Å². The van der Waals surface area contributed by atoms with Crippen LogP contribution in [0.4, 0.5) is 0 Å². The normalized spacial score (nSPS) is 10.1. The number of aryl methyl sites for hydroxylation is 1. The van der Waals surface area contributed by atoms with Gasteiger partial charge in [-0.1, -0.05) is 0 Å². The number of methoxy groups -OCH3 is 1. The minimum Gasteiger partial charge on any atom is -0.465 e. The fourth-order valence-electron chi connectivity index (χ4n) is 1.77. The van der Waals surface area contributed by atoms with Crippen molar-refractivity contribution >= 4 is 17.8 Å². The zero-order chi connectivity index (χ0) is 14.6. The van der Waals surface area contributed by atoms with Crippen molar-refractivity contribution < 1.29 is 19.1 Å². The quantitative estimate of drug-likeness (QED) is 0.652. The molecule has 104 valence electrons. The lowest BCUT2D eigenvalue weighted by molar-refractivity contribution is -0.117. The summed E-state index contributed by atoms with van der Waals surface area (Å²) < 4.78 is 4.65. The molecular weight excluding hydrogens is 250 g/mol. The fourth-order valence-corrected chi connectivity index (χ4v) is 1.77. The van der Waals surface area contributed by atoms with Gasteiger partial charge < -0.3 is 20.8 Å². The predicted octanol–water partition coefficient (Wildman–Crippen LogP) is 0.0233. The number of H-pyrrole nitrogens is 1. The van der Waals surface area contributed by atoms with Crippen LogP contribution in [0.2, 0.25) is 0 Å². The molecule has 0 fully saturated rings. The number of hydrogen-bond donors (Lipinski definition) is 3. The van der Waals surface area contributed by atoms with E-state index in [2.05, 4.69) is 15.0 Å². The van der Waals surface area contributed by atoms with Crippen LogP contribution in [0.15, 0.2) is 0 Å². The molecule has 0 atom stereocenters. The molecule has 4 N–H and O–H groups in total. The molecule has 2 amide bonds. The molecule has 1 aromatic heterocycles. The summed E-state index contributed by atoms with van der Waals surface area (Å²) in [6.45, 7) is 3.48.